The number of nitrogens with zero attached hydrogens (tertiary/aromatic N) is 1. The Balaban J connectivity index is 1.38. The Bertz CT molecular complexity index is 2620. The molecule has 55 heavy (non-hydrogen) atoms. The van der Waals surface area contributed by atoms with Crippen molar-refractivity contribution in [2.45, 2.75) is 73.1 Å². The summed E-state index contributed by atoms with van der Waals surface area (Å²) in [5.74, 6) is 0. The summed E-state index contributed by atoms with van der Waals surface area (Å²) in [7, 11) is 0. The van der Waals surface area contributed by atoms with Crippen molar-refractivity contribution in [1.29, 1.82) is 0 Å². The van der Waals surface area contributed by atoms with Crippen LogP contribution in [0.2, 0.25) is 0 Å². The van der Waals surface area contributed by atoms with Crippen molar-refractivity contribution in [2.24, 2.45) is 5.41 Å². The highest BCUT2D eigenvalue weighted by atomic mass is 15.1. The van der Waals surface area contributed by atoms with Crippen LogP contribution in [0.1, 0.15) is 84.7 Å². The monoisotopic (exact) mass is 713 g/mol. The van der Waals surface area contributed by atoms with Crippen LogP contribution in [0.3, 0.4) is 0 Å². The molecule has 0 saturated carbocycles. The van der Waals surface area contributed by atoms with Crippen molar-refractivity contribution in [3.63, 3.8) is 0 Å². The minimum Gasteiger partial charge on any atom is -0.310 e. The highest BCUT2D eigenvalue weighted by Gasteiger charge is 2.54. The quantitative estimate of drug-likeness (QED) is 0.172. The van der Waals surface area contributed by atoms with Gasteiger partial charge in [0.2, 0.25) is 0 Å². The van der Waals surface area contributed by atoms with E-state index in [2.05, 4.69) is 213 Å². The highest BCUT2D eigenvalue weighted by molar-refractivity contribution is 5.99. The molecule has 0 radical (unpaired) electrons. The average molecular weight is 714 g/mol. The Kier molecular flexibility index (Phi) is 7.93. The van der Waals surface area contributed by atoms with Gasteiger partial charge in [-0.1, -0.05) is 156 Å². The van der Waals surface area contributed by atoms with Crippen molar-refractivity contribution in [1.82, 2.24) is 0 Å². The van der Waals surface area contributed by atoms with E-state index < -0.39 is 0 Å². The van der Waals surface area contributed by atoms with Crippen LogP contribution < -0.4 is 4.90 Å². The van der Waals surface area contributed by atoms with Crippen LogP contribution in [0.5, 0.6) is 0 Å². The van der Waals surface area contributed by atoms with Gasteiger partial charge in [-0.3, -0.25) is 0 Å². The molecule has 7 aromatic rings. The van der Waals surface area contributed by atoms with Gasteiger partial charge in [0, 0.05) is 22.4 Å². The third kappa shape index (κ3) is 5.05. The Labute approximate surface area is 328 Å². The second-order valence-electron chi connectivity index (χ2n) is 17.6. The summed E-state index contributed by atoms with van der Waals surface area (Å²) in [6.07, 6.45) is 0. The second-order valence-corrected chi connectivity index (χ2v) is 17.6. The van der Waals surface area contributed by atoms with E-state index in [4.69, 9.17) is 0 Å². The first-order valence-electron chi connectivity index (χ1n) is 19.9. The number of hydrogen-bond acceptors (Lipinski definition) is 1. The lowest BCUT2D eigenvalue weighted by Crippen LogP contribution is -2.41. The van der Waals surface area contributed by atoms with Gasteiger partial charge in [-0.05, 0) is 135 Å². The van der Waals surface area contributed by atoms with Gasteiger partial charge in [0.15, 0.2) is 0 Å². The zero-order valence-electron chi connectivity index (χ0n) is 33.8. The predicted octanol–water partition coefficient (Wildman–Crippen LogP) is 14.7. The predicted molar refractivity (Wildman–Crippen MR) is 234 cm³/mol. The molecule has 2 aliphatic carbocycles. The molecule has 0 aromatic heterocycles. The van der Waals surface area contributed by atoms with E-state index in [1.807, 2.05) is 0 Å². The van der Waals surface area contributed by atoms with Crippen molar-refractivity contribution in [3.05, 3.63) is 196 Å². The van der Waals surface area contributed by atoms with Crippen LogP contribution in [-0.4, -0.2) is 0 Å². The lowest BCUT2D eigenvalue weighted by atomic mass is 9.57. The maximum Gasteiger partial charge on any atom is 0.0575 e. The lowest BCUT2D eigenvalue weighted by Gasteiger charge is -2.45. The molecule has 0 saturated heterocycles. The second kappa shape index (κ2) is 12.4. The topological polar surface area (TPSA) is 3.24 Å². The van der Waals surface area contributed by atoms with Gasteiger partial charge >= 0.3 is 0 Å². The first-order chi connectivity index (χ1) is 26.3. The molecule has 0 N–H and O–H groups in total. The number of benzene rings is 7. The summed E-state index contributed by atoms with van der Waals surface area (Å²) in [5.41, 5.74) is 23.0. The zero-order valence-corrected chi connectivity index (χ0v) is 33.8. The number of fused-ring (bicyclic) bond motifs is 6. The average Bonchev–Trinajstić information content (AvgIpc) is 3.59. The minimum atomic E-state index is -0.366. The summed E-state index contributed by atoms with van der Waals surface area (Å²) >= 11 is 0. The fourth-order valence-electron chi connectivity index (χ4n) is 10.1. The van der Waals surface area contributed by atoms with Crippen LogP contribution in [-0.2, 0) is 10.8 Å². The Morgan fingerprint density at radius 3 is 1.71 bits per heavy atom. The van der Waals surface area contributed by atoms with Gasteiger partial charge in [-0.15, -0.1) is 0 Å². The summed E-state index contributed by atoms with van der Waals surface area (Å²) in [6, 6.07) is 54.9. The molecule has 0 aliphatic heterocycles. The molecule has 0 fully saturated rings. The molecule has 2 aliphatic rings. The Morgan fingerprint density at radius 1 is 0.455 bits per heavy atom. The molecular formula is C54H51N. The van der Waals surface area contributed by atoms with E-state index >= 15 is 0 Å². The van der Waals surface area contributed by atoms with Crippen molar-refractivity contribution in [3.8, 4) is 33.4 Å². The smallest absolute Gasteiger partial charge is 0.0575 e. The number of hydrogen-bond donors (Lipinski definition) is 0. The van der Waals surface area contributed by atoms with Gasteiger partial charge in [0.25, 0.3) is 0 Å². The molecule has 1 atom stereocenters. The third-order valence-corrected chi connectivity index (χ3v) is 13.1. The van der Waals surface area contributed by atoms with E-state index in [0.29, 0.717) is 0 Å². The van der Waals surface area contributed by atoms with Crippen LogP contribution in [0.25, 0.3) is 33.4 Å². The van der Waals surface area contributed by atoms with Gasteiger partial charge in [-0.25, -0.2) is 0 Å². The van der Waals surface area contributed by atoms with Crippen molar-refractivity contribution in [2.75, 3.05) is 4.90 Å². The number of anilines is 3. The molecule has 0 bridgehead atoms. The molecular weight excluding hydrogens is 663 g/mol. The van der Waals surface area contributed by atoms with E-state index in [1.54, 1.807) is 0 Å². The standard InChI is InChI=1S/C54H51N/c1-34-30-45-48(31-35(34)2)54(52(5,6)7,40-20-14-11-15-21-40)49-32-36(3)37(4)51(50(45)49)55(41-26-24-39(25-27-41)38-18-12-10-13-19-38)42-28-29-44-43-22-16-17-23-46(43)53(8,9)47(44)33-42/h10-33H,1-9H3. The van der Waals surface area contributed by atoms with E-state index in [-0.39, 0.29) is 16.2 Å². The summed E-state index contributed by atoms with van der Waals surface area (Å²) < 4.78 is 0. The molecule has 1 unspecified atom stereocenters. The molecule has 272 valence electrons. The summed E-state index contributed by atoms with van der Waals surface area (Å²) in [6.45, 7) is 21.3. The molecule has 7 aromatic carbocycles. The maximum atomic E-state index is 2.58. The first kappa shape index (κ1) is 35.1. The van der Waals surface area contributed by atoms with E-state index in [9.17, 15) is 0 Å². The summed E-state index contributed by atoms with van der Waals surface area (Å²) in [5, 5.41) is 0. The molecule has 0 amide bonds. The molecule has 1 nitrogen and oxygen atoms in total. The van der Waals surface area contributed by atoms with Crippen LogP contribution >= 0.6 is 0 Å². The zero-order chi connectivity index (χ0) is 38.4. The van der Waals surface area contributed by atoms with Gasteiger partial charge in [-0.2, -0.15) is 0 Å². The maximum absolute atomic E-state index is 2.58. The van der Waals surface area contributed by atoms with E-state index in [0.717, 1.165) is 5.69 Å². The van der Waals surface area contributed by atoms with Crippen molar-refractivity contribution < 1.29 is 0 Å². The highest BCUT2D eigenvalue weighted by Crippen LogP contribution is 2.64. The fraction of sp³-hybridized carbons (Fsp3) is 0.222. The van der Waals surface area contributed by atoms with Gasteiger partial charge < -0.3 is 4.90 Å². The van der Waals surface area contributed by atoms with Crippen molar-refractivity contribution >= 4 is 17.1 Å². The van der Waals surface area contributed by atoms with Gasteiger partial charge in [0.05, 0.1) is 11.1 Å². The first-order valence-corrected chi connectivity index (χ1v) is 19.9. The Morgan fingerprint density at radius 2 is 1.02 bits per heavy atom. The molecule has 9 rings (SSSR count). The fourth-order valence-corrected chi connectivity index (χ4v) is 10.1. The van der Waals surface area contributed by atoms with Gasteiger partial charge in [0.1, 0.15) is 0 Å². The SMILES string of the molecule is Cc1cc2c(cc1C)C(c1ccccc1)(C(C)(C)C)c1cc(C)c(C)c(N(c3ccc(-c4ccccc4)cc3)c3ccc4c(c3)C(C)(C)c3ccccc3-4)c1-2. The number of rotatable bonds is 5. The van der Waals surface area contributed by atoms with Crippen LogP contribution in [0.4, 0.5) is 17.1 Å². The Hall–Kier alpha value is -5.66. The van der Waals surface area contributed by atoms with Crippen LogP contribution in [0.15, 0.2) is 146 Å². The minimum absolute atomic E-state index is 0.121. The van der Waals surface area contributed by atoms with E-state index in [1.165, 1.54) is 94.8 Å². The largest absolute Gasteiger partial charge is 0.310 e. The molecule has 0 spiro atoms. The normalized spacial score (nSPS) is 16.3. The van der Waals surface area contributed by atoms with Crippen LogP contribution in [0, 0.1) is 33.1 Å². The third-order valence-electron chi connectivity index (χ3n) is 13.1. The summed E-state index contributed by atoms with van der Waals surface area (Å²) in [4.78, 5) is 2.58. The molecule has 1 heteroatoms. The lowest BCUT2D eigenvalue weighted by molar-refractivity contribution is 0.277. The number of aryl methyl sites for hydroxylation is 3. The molecule has 0 heterocycles.